The molecule has 0 amide bonds. The van der Waals surface area contributed by atoms with Crippen molar-refractivity contribution in [3.8, 4) is 0 Å². The van der Waals surface area contributed by atoms with Gasteiger partial charge in [-0.2, -0.15) is 0 Å². The summed E-state index contributed by atoms with van der Waals surface area (Å²) in [6.07, 6.45) is 45.0. The average molecular weight is 827 g/mol. The first kappa shape index (κ1) is 55.2. The largest absolute Gasteiger partial charge is 0.472 e. The van der Waals surface area contributed by atoms with Gasteiger partial charge in [-0.15, -0.1) is 0 Å². The van der Waals surface area contributed by atoms with Crippen LogP contribution in [-0.2, 0) is 32.7 Å². The molecule has 2 atom stereocenters. The lowest BCUT2D eigenvalue weighted by atomic mass is 10.0. The number of quaternary nitrogens is 1. The number of ether oxygens (including phenoxy) is 2. The molecule has 0 aromatic rings. The van der Waals surface area contributed by atoms with Gasteiger partial charge in [0.15, 0.2) is 6.10 Å². The van der Waals surface area contributed by atoms with Crippen LogP contribution in [0.1, 0.15) is 200 Å². The summed E-state index contributed by atoms with van der Waals surface area (Å²) in [5.41, 5.74) is 0. The minimum atomic E-state index is -4.37. The molecule has 0 rings (SSSR count). The van der Waals surface area contributed by atoms with Crippen LogP contribution < -0.4 is 0 Å². The smallest absolute Gasteiger partial charge is 0.462 e. The highest BCUT2D eigenvalue weighted by Crippen LogP contribution is 2.43. The third-order valence-corrected chi connectivity index (χ3v) is 10.9. The number of hydrogen-bond acceptors (Lipinski definition) is 7. The van der Waals surface area contributed by atoms with Crippen molar-refractivity contribution in [2.75, 3.05) is 47.5 Å². The van der Waals surface area contributed by atoms with E-state index in [-0.39, 0.29) is 32.0 Å². The minimum Gasteiger partial charge on any atom is -0.462 e. The number of unbranched alkanes of at least 4 members (excludes halogenated alkanes) is 22. The maximum Gasteiger partial charge on any atom is 0.472 e. The molecule has 0 radical (unpaired) electrons. The predicted octanol–water partition coefficient (Wildman–Crippen LogP) is 13.3. The van der Waals surface area contributed by atoms with Gasteiger partial charge >= 0.3 is 19.8 Å². The second-order valence-corrected chi connectivity index (χ2v) is 18.2. The molecule has 0 aromatic carbocycles. The van der Waals surface area contributed by atoms with Crippen molar-refractivity contribution in [3.63, 3.8) is 0 Å². The summed E-state index contributed by atoms with van der Waals surface area (Å²) in [6.45, 7) is 4.38. The topological polar surface area (TPSA) is 108 Å². The van der Waals surface area contributed by atoms with Gasteiger partial charge in [-0.3, -0.25) is 18.6 Å². The zero-order valence-corrected chi connectivity index (χ0v) is 38.5. The van der Waals surface area contributed by atoms with Gasteiger partial charge < -0.3 is 18.9 Å². The lowest BCUT2D eigenvalue weighted by Crippen LogP contribution is -2.37. The first-order valence-corrected chi connectivity index (χ1v) is 24.7. The Balaban J connectivity index is 4.16. The van der Waals surface area contributed by atoms with E-state index >= 15 is 0 Å². The van der Waals surface area contributed by atoms with Crippen molar-refractivity contribution in [1.29, 1.82) is 0 Å². The molecule has 0 fully saturated rings. The van der Waals surface area contributed by atoms with Gasteiger partial charge in [-0.25, -0.2) is 4.57 Å². The highest BCUT2D eigenvalue weighted by atomic mass is 31.2. The fraction of sp³-hybridized carbons (Fsp3) is 0.830. The number of phosphoric acid groups is 1. The normalized spacial score (nSPS) is 13.9. The predicted molar refractivity (Wildman–Crippen MR) is 238 cm³/mol. The number of phosphoric ester groups is 1. The zero-order valence-electron chi connectivity index (χ0n) is 37.6. The first-order valence-electron chi connectivity index (χ1n) is 23.2. The molecule has 0 aromatic heterocycles. The molecule has 9 nitrogen and oxygen atoms in total. The van der Waals surface area contributed by atoms with E-state index in [0.29, 0.717) is 17.4 Å². The number of hydrogen-bond donors (Lipinski definition) is 1. The Bertz CT molecular complexity index is 1070. The molecule has 334 valence electrons. The number of esters is 2. The Morgan fingerprint density at radius 2 is 0.947 bits per heavy atom. The average Bonchev–Trinajstić information content (AvgIpc) is 3.16. The molecule has 0 bridgehead atoms. The summed E-state index contributed by atoms with van der Waals surface area (Å²) in [6, 6.07) is 0. The summed E-state index contributed by atoms with van der Waals surface area (Å²) in [5, 5.41) is 0. The second-order valence-electron chi connectivity index (χ2n) is 16.8. The van der Waals surface area contributed by atoms with Gasteiger partial charge in [0.1, 0.15) is 19.8 Å². The number of likely N-dealkylation sites (N-methyl/N-ethyl adjacent to an activating group) is 1. The first-order chi connectivity index (χ1) is 27.5. The summed E-state index contributed by atoms with van der Waals surface area (Å²) in [7, 11) is 1.47. The highest BCUT2D eigenvalue weighted by Gasteiger charge is 2.27. The molecule has 0 spiro atoms. The Labute approximate surface area is 351 Å². The Morgan fingerprint density at radius 3 is 1.40 bits per heavy atom. The van der Waals surface area contributed by atoms with E-state index in [4.69, 9.17) is 18.5 Å². The SMILES string of the molecule is CCCCCCC/C=C\C/C=C\C/C=C\CCCCCCCCCCCCC(=O)OC(COC(=O)CCCCCCCCCC)COP(=O)(O)OCC[N+](C)(C)C. The fourth-order valence-electron chi connectivity index (χ4n) is 6.26. The van der Waals surface area contributed by atoms with E-state index in [1.807, 2.05) is 21.1 Å². The number of carbonyl (C=O) groups excluding carboxylic acids is 2. The van der Waals surface area contributed by atoms with E-state index < -0.39 is 26.5 Å². The van der Waals surface area contributed by atoms with Crippen molar-refractivity contribution in [3.05, 3.63) is 36.5 Å². The van der Waals surface area contributed by atoms with Crippen LogP contribution in [0.5, 0.6) is 0 Å². The molecular weight excluding hydrogens is 737 g/mol. The monoisotopic (exact) mass is 827 g/mol. The molecular formula is C47H89NO8P+. The fourth-order valence-corrected chi connectivity index (χ4v) is 7.00. The van der Waals surface area contributed by atoms with E-state index in [1.165, 1.54) is 116 Å². The summed E-state index contributed by atoms with van der Waals surface area (Å²) in [4.78, 5) is 35.2. The lowest BCUT2D eigenvalue weighted by Gasteiger charge is -2.24. The lowest BCUT2D eigenvalue weighted by molar-refractivity contribution is -0.870. The summed E-state index contributed by atoms with van der Waals surface area (Å²) >= 11 is 0. The van der Waals surface area contributed by atoms with Crippen LogP contribution in [0.25, 0.3) is 0 Å². The van der Waals surface area contributed by atoms with Crippen LogP contribution in [0.2, 0.25) is 0 Å². The minimum absolute atomic E-state index is 0.0315. The van der Waals surface area contributed by atoms with Gasteiger partial charge in [0.25, 0.3) is 0 Å². The highest BCUT2D eigenvalue weighted by molar-refractivity contribution is 7.47. The number of rotatable bonds is 42. The van der Waals surface area contributed by atoms with Crippen LogP contribution in [0.15, 0.2) is 36.5 Å². The zero-order chi connectivity index (χ0) is 42.1. The van der Waals surface area contributed by atoms with Crippen molar-refractivity contribution >= 4 is 19.8 Å². The summed E-state index contributed by atoms with van der Waals surface area (Å²) in [5.74, 6) is -0.804. The molecule has 0 saturated carbocycles. The molecule has 10 heteroatoms. The van der Waals surface area contributed by atoms with Crippen molar-refractivity contribution in [1.82, 2.24) is 0 Å². The summed E-state index contributed by atoms with van der Waals surface area (Å²) < 4.78 is 34.2. The van der Waals surface area contributed by atoms with E-state index in [9.17, 15) is 19.0 Å². The molecule has 1 N–H and O–H groups in total. The quantitative estimate of drug-likeness (QED) is 0.0213. The van der Waals surface area contributed by atoms with E-state index in [1.54, 1.807) is 0 Å². The maximum atomic E-state index is 12.7. The molecule has 0 aliphatic rings. The Morgan fingerprint density at radius 1 is 0.544 bits per heavy atom. The molecule has 0 aliphatic carbocycles. The van der Waals surface area contributed by atoms with Crippen molar-refractivity contribution < 1.29 is 42.1 Å². The molecule has 2 unspecified atom stereocenters. The van der Waals surface area contributed by atoms with Gasteiger partial charge in [0.2, 0.25) is 0 Å². The molecule has 0 saturated heterocycles. The standard InChI is InChI=1S/C47H88NO8P/c1-6-8-10-12-14-16-17-18-19-20-21-22-23-24-25-26-27-28-29-30-31-32-34-36-38-40-47(50)56-45(44-55-57(51,52)54-42-41-48(3,4)5)43-53-46(49)39-37-35-33-15-13-11-9-7-2/h17-18,20-21,23-24,45H,6-16,19,22,25-44H2,1-5H3/p+1/b18-17-,21-20-,24-23-. The van der Waals surface area contributed by atoms with Gasteiger partial charge in [-0.05, 0) is 51.4 Å². The Kier molecular flexibility index (Phi) is 38.4. The maximum absolute atomic E-state index is 12.7. The number of nitrogens with zero attached hydrogens (tertiary/aromatic N) is 1. The van der Waals surface area contributed by atoms with Crippen LogP contribution in [0.4, 0.5) is 0 Å². The van der Waals surface area contributed by atoms with E-state index in [2.05, 4.69) is 50.3 Å². The van der Waals surface area contributed by atoms with Crippen LogP contribution >= 0.6 is 7.82 Å². The third-order valence-electron chi connectivity index (χ3n) is 9.92. The van der Waals surface area contributed by atoms with Crippen molar-refractivity contribution in [2.45, 2.75) is 206 Å². The van der Waals surface area contributed by atoms with Gasteiger partial charge in [0, 0.05) is 12.8 Å². The van der Waals surface area contributed by atoms with Crippen molar-refractivity contribution in [2.24, 2.45) is 0 Å². The third kappa shape index (κ3) is 43.6. The van der Waals surface area contributed by atoms with Gasteiger partial charge in [0.05, 0.1) is 27.7 Å². The molecule has 57 heavy (non-hydrogen) atoms. The number of allylic oxidation sites excluding steroid dienone is 6. The van der Waals surface area contributed by atoms with Crippen LogP contribution in [0.3, 0.4) is 0 Å². The van der Waals surface area contributed by atoms with Crippen LogP contribution in [0, 0.1) is 0 Å². The van der Waals surface area contributed by atoms with Crippen LogP contribution in [-0.4, -0.2) is 74.9 Å². The molecule has 0 heterocycles. The Hall–Kier alpha value is -1.77. The number of carbonyl (C=O) groups is 2. The molecule has 0 aliphatic heterocycles. The second kappa shape index (κ2) is 39.7. The van der Waals surface area contributed by atoms with E-state index in [0.717, 1.165) is 51.4 Å². The van der Waals surface area contributed by atoms with Gasteiger partial charge in [-0.1, -0.05) is 172 Å².